The van der Waals surface area contributed by atoms with Crippen molar-refractivity contribution in [1.29, 1.82) is 0 Å². The minimum absolute atomic E-state index is 0.0101. The van der Waals surface area contributed by atoms with E-state index in [1.807, 2.05) is 13.8 Å². The van der Waals surface area contributed by atoms with E-state index in [1.54, 1.807) is 6.92 Å². The van der Waals surface area contributed by atoms with Gasteiger partial charge in [0.2, 0.25) is 11.3 Å². The number of nitrogens with zero attached hydrogens (tertiary/aromatic N) is 1. The zero-order valence-electron chi connectivity index (χ0n) is 18.0. The summed E-state index contributed by atoms with van der Waals surface area (Å²) in [6, 6.07) is 2.81. The highest BCUT2D eigenvalue weighted by Crippen LogP contribution is 2.29. The van der Waals surface area contributed by atoms with Crippen LogP contribution < -0.4 is 11.1 Å². The molecule has 3 rings (SSSR count). The third-order valence-corrected chi connectivity index (χ3v) is 4.77. The zero-order valence-corrected chi connectivity index (χ0v) is 18.0. The Morgan fingerprint density at radius 1 is 0.897 bits per heavy atom. The summed E-state index contributed by atoms with van der Waals surface area (Å²) in [5.74, 6) is -0.751. The quantitative estimate of drug-likeness (QED) is 0.708. The number of rotatable bonds is 5. The predicted molar refractivity (Wildman–Crippen MR) is 114 cm³/mol. The molecule has 1 N–H and O–H groups in total. The molecule has 0 amide bonds. The molecule has 29 heavy (non-hydrogen) atoms. The molecule has 0 saturated carbocycles. The Labute approximate surface area is 171 Å². The number of nitrogens with one attached hydrogen (secondary N) is 1. The second-order valence-electron chi connectivity index (χ2n) is 7.42. The minimum Gasteiger partial charge on any atom is -0.318 e. The van der Waals surface area contributed by atoms with Crippen LogP contribution in [0.3, 0.4) is 0 Å². The second kappa shape index (κ2) is 9.63. The normalized spacial score (nSPS) is 12.2. The topological polar surface area (TPSA) is 89.0 Å². The molecule has 0 unspecified atom stereocenters. The van der Waals surface area contributed by atoms with Crippen LogP contribution in [0.5, 0.6) is 0 Å². The predicted octanol–water partition coefficient (Wildman–Crippen LogP) is 3.79. The largest absolute Gasteiger partial charge is 0.318 e. The van der Waals surface area contributed by atoms with Crippen molar-refractivity contribution >= 4 is 11.6 Å². The molecule has 6 nitrogen and oxygen atoms in total. The Kier molecular flexibility index (Phi) is 7.48. The molecule has 0 spiro atoms. The van der Waals surface area contributed by atoms with E-state index >= 15 is 0 Å². The molecule has 0 saturated heterocycles. The van der Waals surface area contributed by atoms with Gasteiger partial charge in [-0.1, -0.05) is 40.5 Å². The SMILES string of the molecule is CCC.CCCCc1cc(=O)[nH]c2c1C(=O)c1c(C)cc(=O)n(CCC)c1C2=O. The summed E-state index contributed by atoms with van der Waals surface area (Å²) >= 11 is 0. The number of aromatic amines is 1. The molecule has 2 heterocycles. The van der Waals surface area contributed by atoms with Gasteiger partial charge in [-0.2, -0.15) is 0 Å². The number of ketones is 2. The van der Waals surface area contributed by atoms with Crippen molar-refractivity contribution in [3.05, 3.63) is 66.5 Å². The molecule has 0 aliphatic heterocycles. The minimum atomic E-state index is -0.459. The number of hydrogen-bond acceptors (Lipinski definition) is 4. The van der Waals surface area contributed by atoms with Crippen LogP contribution in [0, 0.1) is 6.92 Å². The molecule has 1 aliphatic carbocycles. The lowest BCUT2D eigenvalue weighted by Gasteiger charge is -2.24. The molecule has 156 valence electrons. The van der Waals surface area contributed by atoms with Gasteiger partial charge in [0.05, 0.1) is 11.1 Å². The first kappa shape index (κ1) is 22.5. The number of aryl methyl sites for hydroxylation is 2. The Balaban J connectivity index is 0.000000941. The first-order valence-electron chi connectivity index (χ1n) is 10.4. The van der Waals surface area contributed by atoms with E-state index in [0.29, 0.717) is 30.5 Å². The Morgan fingerprint density at radius 2 is 1.55 bits per heavy atom. The summed E-state index contributed by atoms with van der Waals surface area (Å²) in [6.45, 7) is 10.2. The highest BCUT2D eigenvalue weighted by molar-refractivity contribution is 6.28. The molecular formula is C23H30N2O4. The van der Waals surface area contributed by atoms with Gasteiger partial charge in [0.15, 0.2) is 5.78 Å². The Hall–Kier alpha value is -2.76. The van der Waals surface area contributed by atoms with Crippen LogP contribution in [-0.4, -0.2) is 21.1 Å². The molecule has 2 aromatic rings. The highest BCUT2D eigenvalue weighted by Gasteiger charge is 2.36. The van der Waals surface area contributed by atoms with Gasteiger partial charge >= 0.3 is 0 Å². The Bertz CT molecular complexity index is 1040. The van der Waals surface area contributed by atoms with Crippen molar-refractivity contribution in [3.8, 4) is 0 Å². The smallest absolute Gasteiger partial charge is 0.251 e. The van der Waals surface area contributed by atoms with E-state index in [4.69, 9.17) is 0 Å². The van der Waals surface area contributed by atoms with Gasteiger partial charge < -0.3 is 9.55 Å². The number of H-pyrrole nitrogens is 1. The van der Waals surface area contributed by atoms with Crippen molar-refractivity contribution in [2.45, 2.75) is 73.3 Å². The number of aromatic nitrogens is 2. The lowest BCUT2D eigenvalue weighted by atomic mass is 9.84. The zero-order chi connectivity index (χ0) is 21.7. The molecule has 0 bridgehead atoms. The standard InChI is InChI=1S/C20H22N2O4.C3H8/c1-4-6-7-12-10-13(23)21-17-16(12)19(25)15-11(3)9-14(24)22(8-5-2)18(15)20(17)26;1-3-2/h9-10H,4-8H2,1-3H3,(H,21,23);3H2,1-2H3. The second-order valence-corrected chi connectivity index (χ2v) is 7.42. The van der Waals surface area contributed by atoms with E-state index in [1.165, 1.54) is 23.1 Å². The van der Waals surface area contributed by atoms with Crippen molar-refractivity contribution in [1.82, 2.24) is 9.55 Å². The average Bonchev–Trinajstić information content (AvgIpc) is 2.66. The monoisotopic (exact) mass is 398 g/mol. The summed E-state index contributed by atoms with van der Waals surface area (Å²) in [7, 11) is 0. The fourth-order valence-corrected chi connectivity index (χ4v) is 3.59. The fraction of sp³-hybridized carbons (Fsp3) is 0.478. The molecular weight excluding hydrogens is 368 g/mol. The molecule has 1 aliphatic rings. The summed E-state index contributed by atoms with van der Waals surface area (Å²) in [4.78, 5) is 53.3. The van der Waals surface area contributed by atoms with Crippen LogP contribution in [-0.2, 0) is 13.0 Å². The van der Waals surface area contributed by atoms with E-state index in [-0.39, 0.29) is 33.9 Å². The number of hydrogen-bond donors (Lipinski definition) is 1. The van der Waals surface area contributed by atoms with E-state index in [9.17, 15) is 19.2 Å². The van der Waals surface area contributed by atoms with E-state index in [0.717, 1.165) is 12.8 Å². The maximum atomic E-state index is 13.2. The first-order chi connectivity index (χ1) is 13.8. The molecule has 0 aromatic carbocycles. The third-order valence-electron chi connectivity index (χ3n) is 4.77. The number of pyridine rings is 2. The maximum absolute atomic E-state index is 13.2. The maximum Gasteiger partial charge on any atom is 0.251 e. The van der Waals surface area contributed by atoms with Gasteiger partial charge in [-0.05, 0) is 37.3 Å². The molecule has 0 atom stereocenters. The van der Waals surface area contributed by atoms with Gasteiger partial charge in [-0.3, -0.25) is 19.2 Å². The van der Waals surface area contributed by atoms with Crippen LogP contribution in [0.4, 0.5) is 0 Å². The third kappa shape index (κ3) is 4.31. The van der Waals surface area contributed by atoms with Crippen LogP contribution in [0.25, 0.3) is 0 Å². The van der Waals surface area contributed by atoms with Crippen LogP contribution in [0.15, 0.2) is 21.7 Å². The van der Waals surface area contributed by atoms with Crippen molar-refractivity contribution in [2.24, 2.45) is 0 Å². The van der Waals surface area contributed by atoms with E-state index in [2.05, 4.69) is 18.8 Å². The fourth-order valence-electron chi connectivity index (χ4n) is 3.59. The summed E-state index contributed by atoms with van der Waals surface area (Å²) in [5, 5.41) is 0. The molecule has 0 fully saturated rings. The summed E-state index contributed by atoms with van der Waals surface area (Å²) < 4.78 is 1.35. The molecule has 6 heteroatoms. The number of carbonyl (C=O) groups excluding carboxylic acids is 2. The lowest BCUT2D eigenvalue weighted by Crippen LogP contribution is -2.36. The van der Waals surface area contributed by atoms with Crippen LogP contribution in [0.2, 0.25) is 0 Å². The number of fused-ring (bicyclic) bond motifs is 2. The van der Waals surface area contributed by atoms with Gasteiger partial charge in [0.1, 0.15) is 11.4 Å². The number of unbranched alkanes of at least 4 members (excludes halogenated alkanes) is 1. The van der Waals surface area contributed by atoms with Crippen molar-refractivity contribution in [3.63, 3.8) is 0 Å². The Morgan fingerprint density at radius 3 is 2.14 bits per heavy atom. The molecule has 2 aromatic heterocycles. The lowest BCUT2D eigenvalue weighted by molar-refractivity contribution is 0.0965. The van der Waals surface area contributed by atoms with Crippen molar-refractivity contribution in [2.75, 3.05) is 0 Å². The van der Waals surface area contributed by atoms with Crippen LogP contribution in [0.1, 0.15) is 96.6 Å². The average molecular weight is 399 g/mol. The van der Waals surface area contributed by atoms with Gasteiger partial charge in [0.25, 0.3) is 5.56 Å². The first-order valence-corrected chi connectivity index (χ1v) is 10.4. The molecule has 0 radical (unpaired) electrons. The van der Waals surface area contributed by atoms with Gasteiger partial charge in [-0.15, -0.1) is 0 Å². The summed E-state index contributed by atoms with van der Waals surface area (Å²) in [5.41, 5.74) is 1.04. The van der Waals surface area contributed by atoms with Gasteiger partial charge in [-0.25, -0.2) is 0 Å². The summed E-state index contributed by atoms with van der Waals surface area (Å²) in [6.07, 6.45) is 4.19. The highest BCUT2D eigenvalue weighted by atomic mass is 16.2. The van der Waals surface area contributed by atoms with E-state index < -0.39 is 11.3 Å². The van der Waals surface area contributed by atoms with Crippen LogP contribution >= 0.6 is 0 Å². The number of carbonyl (C=O) groups is 2. The van der Waals surface area contributed by atoms with Crippen molar-refractivity contribution < 1.29 is 9.59 Å². The van der Waals surface area contributed by atoms with Gasteiger partial charge in [0, 0.05) is 18.7 Å².